The lowest BCUT2D eigenvalue weighted by molar-refractivity contribution is -0.138. The first-order chi connectivity index (χ1) is 12.6. The Morgan fingerprint density at radius 2 is 1.58 bits per heavy atom. The van der Waals surface area contributed by atoms with E-state index in [0.717, 1.165) is 25.7 Å². The lowest BCUT2D eigenvalue weighted by Crippen LogP contribution is -2.18. The quantitative estimate of drug-likeness (QED) is 0.280. The van der Waals surface area contributed by atoms with Crippen molar-refractivity contribution in [2.45, 2.75) is 78.1 Å². The predicted octanol–water partition coefficient (Wildman–Crippen LogP) is 5.95. The fourth-order valence-corrected chi connectivity index (χ4v) is 7.12. The monoisotopic (exact) mass is 384 g/mol. The molecule has 4 nitrogen and oxygen atoms in total. The van der Waals surface area contributed by atoms with Gasteiger partial charge in [-0.25, -0.2) is 4.79 Å². The molecule has 2 aliphatic carbocycles. The van der Waals surface area contributed by atoms with Gasteiger partial charge in [-0.15, -0.1) is 0 Å². The molecule has 1 atom stereocenters. The molecule has 2 fully saturated rings. The fraction of sp³-hybridized carbons (Fsp3) is 0.857. The summed E-state index contributed by atoms with van der Waals surface area (Å²) in [4.78, 5) is 12.5. The molecule has 1 unspecified atom stereocenters. The van der Waals surface area contributed by atoms with E-state index in [-0.39, 0.29) is 12.1 Å². The summed E-state index contributed by atoms with van der Waals surface area (Å²) >= 11 is 0. The molecular weight excluding hydrogens is 347 g/mol. The van der Waals surface area contributed by atoms with Gasteiger partial charge in [0.05, 0.1) is 19.4 Å². The van der Waals surface area contributed by atoms with Gasteiger partial charge >= 0.3 is 5.97 Å². The maximum atomic E-state index is 13.6. The van der Waals surface area contributed by atoms with Crippen molar-refractivity contribution in [3.63, 3.8) is 0 Å². The largest absolute Gasteiger partial charge is 0.463 e. The molecule has 0 heterocycles. The standard InChI is InChI=1S/C21H37O4P/c1-3-24-21(22)20(15-18-11-7-5-8-12-18)17-26(23,25-4-2)16-19-13-9-6-10-14-19/h15,18-19H,3-14,16-17H2,1-2H3. The zero-order valence-electron chi connectivity index (χ0n) is 16.7. The Labute approximate surface area is 159 Å². The van der Waals surface area contributed by atoms with Crippen LogP contribution in [0.15, 0.2) is 11.6 Å². The number of rotatable bonds is 9. The van der Waals surface area contributed by atoms with Gasteiger partial charge in [-0.3, -0.25) is 4.57 Å². The molecule has 0 aromatic carbocycles. The minimum atomic E-state index is -2.86. The number of carbonyl (C=O) groups is 1. The van der Waals surface area contributed by atoms with Crippen LogP contribution in [0.2, 0.25) is 0 Å². The molecule has 150 valence electrons. The van der Waals surface area contributed by atoms with Gasteiger partial charge in [0, 0.05) is 11.7 Å². The minimum Gasteiger partial charge on any atom is -0.463 e. The van der Waals surface area contributed by atoms with Crippen molar-refractivity contribution in [2.24, 2.45) is 11.8 Å². The summed E-state index contributed by atoms with van der Waals surface area (Å²) in [7, 11) is -2.86. The summed E-state index contributed by atoms with van der Waals surface area (Å²) in [6.07, 6.45) is 14.8. The number of ether oxygens (including phenoxy) is 1. The first kappa shape index (κ1) is 21.7. The summed E-state index contributed by atoms with van der Waals surface area (Å²) in [6.45, 7) is 4.49. The molecule has 2 aliphatic rings. The average Bonchev–Trinajstić information content (AvgIpc) is 2.63. The van der Waals surface area contributed by atoms with Crippen LogP contribution >= 0.6 is 7.37 Å². The predicted molar refractivity (Wildman–Crippen MR) is 107 cm³/mol. The summed E-state index contributed by atoms with van der Waals surface area (Å²) < 4.78 is 24.6. The molecule has 2 rings (SSSR count). The number of hydrogen-bond donors (Lipinski definition) is 0. The molecule has 0 aromatic heterocycles. The Bertz CT molecular complexity index is 502. The third-order valence-electron chi connectivity index (χ3n) is 5.66. The second-order valence-corrected chi connectivity index (χ2v) is 10.5. The van der Waals surface area contributed by atoms with Crippen molar-refractivity contribution >= 4 is 13.3 Å². The van der Waals surface area contributed by atoms with Gasteiger partial charge in [-0.2, -0.15) is 0 Å². The smallest absolute Gasteiger partial charge is 0.334 e. The van der Waals surface area contributed by atoms with E-state index in [0.29, 0.717) is 36.8 Å². The minimum absolute atomic E-state index is 0.243. The lowest BCUT2D eigenvalue weighted by atomic mass is 9.88. The maximum Gasteiger partial charge on any atom is 0.334 e. The van der Waals surface area contributed by atoms with Crippen LogP contribution in [0.1, 0.15) is 78.1 Å². The normalized spacial score (nSPS) is 22.8. The van der Waals surface area contributed by atoms with Gasteiger partial charge < -0.3 is 9.26 Å². The lowest BCUT2D eigenvalue weighted by Gasteiger charge is -2.27. The van der Waals surface area contributed by atoms with Gasteiger partial charge in [0.15, 0.2) is 0 Å². The van der Waals surface area contributed by atoms with Crippen LogP contribution in [0.3, 0.4) is 0 Å². The van der Waals surface area contributed by atoms with E-state index in [1.165, 1.54) is 38.5 Å². The Balaban J connectivity index is 2.13. The second-order valence-electron chi connectivity index (χ2n) is 7.89. The maximum absolute atomic E-state index is 13.6. The SMILES string of the molecule is CCOC(=O)C(=CC1CCCCC1)CP(=O)(CC1CCCCC1)OCC. The van der Waals surface area contributed by atoms with Gasteiger partial charge in [-0.1, -0.05) is 44.6 Å². The topological polar surface area (TPSA) is 52.6 Å². The number of carbonyl (C=O) groups excluding carboxylic acids is 1. The third kappa shape index (κ3) is 7.19. The first-order valence-electron chi connectivity index (χ1n) is 10.7. The highest BCUT2D eigenvalue weighted by Gasteiger charge is 2.32. The molecule has 0 N–H and O–H groups in total. The van der Waals surface area contributed by atoms with Crippen LogP contribution in [-0.2, 0) is 18.6 Å². The Morgan fingerprint density at radius 1 is 0.962 bits per heavy atom. The Morgan fingerprint density at radius 3 is 2.15 bits per heavy atom. The van der Waals surface area contributed by atoms with Crippen molar-refractivity contribution in [1.29, 1.82) is 0 Å². The number of hydrogen-bond acceptors (Lipinski definition) is 4. The van der Waals surface area contributed by atoms with Crippen LogP contribution in [0.5, 0.6) is 0 Å². The van der Waals surface area contributed by atoms with E-state index >= 15 is 0 Å². The highest BCUT2D eigenvalue weighted by atomic mass is 31.2. The van der Waals surface area contributed by atoms with Crippen LogP contribution in [0.4, 0.5) is 0 Å². The van der Waals surface area contributed by atoms with Crippen molar-refractivity contribution in [3.05, 3.63) is 11.6 Å². The number of esters is 1. The van der Waals surface area contributed by atoms with E-state index < -0.39 is 7.37 Å². The van der Waals surface area contributed by atoms with Crippen LogP contribution in [0.25, 0.3) is 0 Å². The molecule has 0 bridgehead atoms. The third-order valence-corrected chi connectivity index (χ3v) is 8.29. The van der Waals surface area contributed by atoms with Crippen molar-refractivity contribution in [3.8, 4) is 0 Å². The Hall–Kier alpha value is -0.600. The molecule has 0 aromatic rings. The van der Waals surface area contributed by atoms with Gasteiger partial charge in [0.25, 0.3) is 0 Å². The van der Waals surface area contributed by atoms with Crippen LogP contribution in [-0.4, -0.2) is 31.5 Å². The van der Waals surface area contributed by atoms with Crippen LogP contribution < -0.4 is 0 Å². The molecule has 2 saturated carbocycles. The van der Waals surface area contributed by atoms with E-state index in [9.17, 15) is 9.36 Å². The average molecular weight is 384 g/mol. The fourth-order valence-electron chi connectivity index (χ4n) is 4.42. The summed E-state index contributed by atoms with van der Waals surface area (Å²) in [5.41, 5.74) is 0.589. The van der Waals surface area contributed by atoms with Crippen molar-refractivity contribution in [1.82, 2.24) is 0 Å². The molecule has 0 radical (unpaired) electrons. The van der Waals surface area contributed by atoms with E-state index in [2.05, 4.69) is 6.08 Å². The summed E-state index contributed by atoms with van der Waals surface area (Å²) in [5, 5.41) is 0. The molecule has 0 amide bonds. The van der Waals surface area contributed by atoms with Gasteiger partial charge in [0.1, 0.15) is 0 Å². The van der Waals surface area contributed by atoms with Crippen LogP contribution in [0, 0.1) is 11.8 Å². The molecule has 26 heavy (non-hydrogen) atoms. The zero-order valence-corrected chi connectivity index (χ0v) is 17.6. The molecule has 0 saturated heterocycles. The molecule has 0 aliphatic heterocycles. The van der Waals surface area contributed by atoms with Crippen molar-refractivity contribution in [2.75, 3.05) is 25.5 Å². The Kier molecular flexibility index (Phi) is 9.42. The molecule has 0 spiro atoms. The zero-order chi connectivity index (χ0) is 18.8. The molecular formula is C21H37O4P. The van der Waals surface area contributed by atoms with Gasteiger partial charge in [-0.05, 0) is 51.4 Å². The molecule has 5 heteroatoms. The summed E-state index contributed by atoms with van der Waals surface area (Å²) in [6, 6.07) is 0. The van der Waals surface area contributed by atoms with E-state index in [1.54, 1.807) is 0 Å². The van der Waals surface area contributed by atoms with Crippen molar-refractivity contribution < 1.29 is 18.6 Å². The van der Waals surface area contributed by atoms with E-state index in [4.69, 9.17) is 9.26 Å². The van der Waals surface area contributed by atoms with E-state index in [1.807, 2.05) is 13.8 Å². The first-order valence-corrected chi connectivity index (χ1v) is 12.7. The second kappa shape index (κ2) is 11.3. The highest BCUT2D eigenvalue weighted by molar-refractivity contribution is 7.59. The summed E-state index contributed by atoms with van der Waals surface area (Å²) in [5.74, 6) is 0.578. The number of allylic oxidation sites excluding steroid dienone is 1. The van der Waals surface area contributed by atoms with Gasteiger partial charge in [0.2, 0.25) is 7.37 Å². The highest BCUT2D eigenvalue weighted by Crippen LogP contribution is 2.52.